The van der Waals surface area contributed by atoms with E-state index in [9.17, 15) is 0 Å². The Morgan fingerprint density at radius 3 is 2.88 bits per heavy atom. The van der Waals surface area contributed by atoms with Crippen LogP contribution >= 0.6 is 0 Å². The summed E-state index contributed by atoms with van der Waals surface area (Å²) in [5.41, 5.74) is 0.373. The van der Waals surface area contributed by atoms with E-state index < -0.39 is 0 Å². The van der Waals surface area contributed by atoms with Gasteiger partial charge in [0.25, 0.3) is 0 Å². The van der Waals surface area contributed by atoms with Gasteiger partial charge in [-0.25, -0.2) is 0 Å². The first-order chi connectivity index (χ1) is 7.79. The van der Waals surface area contributed by atoms with Gasteiger partial charge in [0.05, 0.1) is 6.07 Å². The molecular formula is C13H23N3. The maximum atomic E-state index is 8.86. The molecule has 2 aliphatic rings. The highest BCUT2D eigenvalue weighted by atomic mass is 15.2. The van der Waals surface area contributed by atoms with Crippen LogP contribution in [0.3, 0.4) is 0 Å². The molecule has 1 saturated carbocycles. The van der Waals surface area contributed by atoms with Gasteiger partial charge in [0.2, 0.25) is 0 Å². The number of likely N-dealkylation sites (N-methyl/N-ethyl adjacent to an activating group) is 1. The minimum atomic E-state index is 0.373. The SMILES string of the molecule is CNCC1CCCCN1CC1(CC#N)CC1. The number of nitriles is 1. The second-order valence-corrected chi connectivity index (χ2v) is 5.51. The summed E-state index contributed by atoms with van der Waals surface area (Å²) >= 11 is 0. The first kappa shape index (κ1) is 11.9. The van der Waals surface area contributed by atoms with Gasteiger partial charge in [-0.05, 0) is 44.7 Å². The van der Waals surface area contributed by atoms with Gasteiger partial charge >= 0.3 is 0 Å². The Labute approximate surface area is 98.8 Å². The molecule has 2 fully saturated rings. The van der Waals surface area contributed by atoms with Gasteiger partial charge in [0.15, 0.2) is 0 Å². The molecule has 1 N–H and O–H groups in total. The van der Waals surface area contributed by atoms with Crippen LogP contribution in [0, 0.1) is 16.7 Å². The Morgan fingerprint density at radius 1 is 1.44 bits per heavy atom. The predicted molar refractivity (Wildman–Crippen MR) is 65.0 cm³/mol. The number of piperidine rings is 1. The molecule has 1 atom stereocenters. The Morgan fingerprint density at radius 2 is 2.25 bits per heavy atom. The molecule has 3 nitrogen and oxygen atoms in total. The molecule has 1 unspecified atom stereocenters. The maximum Gasteiger partial charge on any atom is 0.0628 e. The summed E-state index contributed by atoms with van der Waals surface area (Å²) in [6, 6.07) is 3.07. The fourth-order valence-electron chi connectivity index (χ4n) is 2.90. The van der Waals surface area contributed by atoms with Crippen LogP contribution in [0.5, 0.6) is 0 Å². The van der Waals surface area contributed by atoms with Crippen LogP contribution in [0.2, 0.25) is 0 Å². The van der Waals surface area contributed by atoms with Crippen molar-refractivity contribution < 1.29 is 0 Å². The highest BCUT2D eigenvalue weighted by molar-refractivity contribution is 5.02. The van der Waals surface area contributed by atoms with Gasteiger partial charge in [-0.2, -0.15) is 5.26 Å². The summed E-state index contributed by atoms with van der Waals surface area (Å²) in [4.78, 5) is 2.63. The zero-order valence-corrected chi connectivity index (χ0v) is 10.3. The number of hydrogen-bond acceptors (Lipinski definition) is 3. The molecule has 16 heavy (non-hydrogen) atoms. The van der Waals surface area contributed by atoms with E-state index in [1.54, 1.807) is 0 Å². The van der Waals surface area contributed by atoms with Crippen LogP contribution in [0.15, 0.2) is 0 Å². The van der Waals surface area contributed by atoms with Crippen LogP contribution in [0.4, 0.5) is 0 Å². The monoisotopic (exact) mass is 221 g/mol. The number of likely N-dealkylation sites (tertiary alicyclic amines) is 1. The van der Waals surface area contributed by atoms with Gasteiger partial charge < -0.3 is 5.32 Å². The first-order valence-electron chi connectivity index (χ1n) is 6.55. The number of nitrogens with zero attached hydrogens (tertiary/aromatic N) is 2. The normalized spacial score (nSPS) is 28.6. The lowest BCUT2D eigenvalue weighted by molar-refractivity contribution is 0.119. The van der Waals surface area contributed by atoms with E-state index >= 15 is 0 Å². The summed E-state index contributed by atoms with van der Waals surface area (Å²) < 4.78 is 0. The van der Waals surface area contributed by atoms with Crippen molar-refractivity contribution in [1.82, 2.24) is 10.2 Å². The smallest absolute Gasteiger partial charge is 0.0628 e. The molecule has 0 aromatic heterocycles. The zero-order valence-electron chi connectivity index (χ0n) is 10.3. The highest BCUT2D eigenvalue weighted by Crippen LogP contribution is 2.49. The molecule has 0 aromatic rings. The molecular weight excluding hydrogens is 198 g/mol. The minimum Gasteiger partial charge on any atom is -0.318 e. The Hall–Kier alpha value is -0.590. The van der Waals surface area contributed by atoms with Gasteiger partial charge in [0, 0.05) is 25.6 Å². The standard InChI is InChI=1S/C13H23N3/c1-15-10-12-4-2-3-9-16(12)11-13(5-6-13)7-8-14/h12,15H,2-7,9-11H2,1H3. The van der Waals surface area contributed by atoms with Crippen molar-refractivity contribution in [2.45, 2.75) is 44.6 Å². The van der Waals surface area contributed by atoms with Crippen molar-refractivity contribution >= 4 is 0 Å². The average molecular weight is 221 g/mol. The number of nitrogens with one attached hydrogen (secondary N) is 1. The molecule has 0 bridgehead atoms. The molecule has 0 spiro atoms. The highest BCUT2D eigenvalue weighted by Gasteiger charge is 2.44. The Bertz CT molecular complexity index is 263. The number of rotatable bonds is 5. The van der Waals surface area contributed by atoms with E-state index in [-0.39, 0.29) is 0 Å². The van der Waals surface area contributed by atoms with Gasteiger partial charge in [-0.15, -0.1) is 0 Å². The zero-order chi connectivity index (χ0) is 11.4. The lowest BCUT2D eigenvalue weighted by Gasteiger charge is -2.37. The van der Waals surface area contributed by atoms with Crippen LogP contribution in [0.25, 0.3) is 0 Å². The fourth-order valence-corrected chi connectivity index (χ4v) is 2.90. The van der Waals surface area contributed by atoms with Gasteiger partial charge in [-0.3, -0.25) is 4.90 Å². The summed E-state index contributed by atoms with van der Waals surface area (Å²) in [5.74, 6) is 0. The molecule has 1 aliphatic heterocycles. The van der Waals surface area contributed by atoms with Gasteiger partial charge in [-0.1, -0.05) is 6.42 Å². The van der Waals surface area contributed by atoms with Crippen molar-refractivity contribution in [1.29, 1.82) is 5.26 Å². The van der Waals surface area contributed by atoms with Crippen molar-refractivity contribution in [3.8, 4) is 6.07 Å². The van der Waals surface area contributed by atoms with Gasteiger partial charge in [0.1, 0.15) is 0 Å². The molecule has 1 aliphatic carbocycles. The molecule has 0 amide bonds. The molecule has 3 heteroatoms. The van der Waals surface area contributed by atoms with Crippen LogP contribution in [0.1, 0.15) is 38.5 Å². The van der Waals surface area contributed by atoms with Crippen LogP contribution in [-0.4, -0.2) is 37.6 Å². The number of hydrogen-bond donors (Lipinski definition) is 1. The average Bonchev–Trinajstić information content (AvgIpc) is 3.02. The third kappa shape index (κ3) is 2.75. The van der Waals surface area contributed by atoms with E-state index in [0.29, 0.717) is 11.5 Å². The van der Waals surface area contributed by atoms with E-state index in [1.165, 1.54) is 38.6 Å². The topological polar surface area (TPSA) is 39.1 Å². The summed E-state index contributed by atoms with van der Waals surface area (Å²) in [6.45, 7) is 3.50. The van der Waals surface area contributed by atoms with E-state index in [1.807, 2.05) is 7.05 Å². The largest absolute Gasteiger partial charge is 0.318 e. The predicted octanol–water partition coefficient (Wildman–Crippen LogP) is 1.75. The lowest BCUT2D eigenvalue weighted by atomic mass is 9.97. The molecule has 1 saturated heterocycles. The Kier molecular flexibility index (Phi) is 3.83. The summed E-state index contributed by atoms with van der Waals surface area (Å²) in [6.07, 6.45) is 7.32. The van der Waals surface area contributed by atoms with Crippen molar-refractivity contribution in [3.05, 3.63) is 0 Å². The third-order valence-corrected chi connectivity index (χ3v) is 4.14. The molecule has 0 radical (unpaired) electrons. The van der Waals surface area contributed by atoms with Crippen LogP contribution in [-0.2, 0) is 0 Å². The molecule has 90 valence electrons. The Balaban J connectivity index is 1.88. The second-order valence-electron chi connectivity index (χ2n) is 5.51. The quantitative estimate of drug-likeness (QED) is 0.769. The first-order valence-corrected chi connectivity index (χ1v) is 6.55. The van der Waals surface area contributed by atoms with Crippen molar-refractivity contribution in [2.75, 3.05) is 26.7 Å². The van der Waals surface area contributed by atoms with E-state index in [4.69, 9.17) is 5.26 Å². The van der Waals surface area contributed by atoms with Crippen molar-refractivity contribution in [2.24, 2.45) is 5.41 Å². The molecule has 1 heterocycles. The fraction of sp³-hybridized carbons (Fsp3) is 0.923. The third-order valence-electron chi connectivity index (χ3n) is 4.14. The van der Waals surface area contributed by atoms with E-state index in [0.717, 1.165) is 19.5 Å². The maximum absolute atomic E-state index is 8.86. The molecule has 0 aromatic carbocycles. The molecule has 2 rings (SSSR count). The van der Waals surface area contributed by atoms with Crippen LogP contribution < -0.4 is 5.32 Å². The minimum absolute atomic E-state index is 0.373. The summed E-state index contributed by atoms with van der Waals surface area (Å²) in [5, 5.41) is 12.2. The summed E-state index contributed by atoms with van der Waals surface area (Å²) in [7, 11) is 2.04. The lowest BCUT2D eigenvalue weighted by Crippen LogP contribution is -2.47. The second kappa shape index (κ2) is 5.16. The van der Waals surface area contributed by atoms with E-state index in [2.05, 4.69) is 16.3 Å². The van der Waals surface area contributed by atoms with Crippen molar-refractivity contribution in [3.63, 3.8) is 0 Å².